The fraction of sp³-hybridized carbons (Fsp3) is 0.361. The number of aromatic nitrogens is 3. The van der Waals surface area contributed by atoms with Crippen molar-refractivity contribution in [3.8, 4) is 23.8 Å². The maximum Gasteiger partial charge on any atom is 0.328 e. The molecule has 240 valence electrons. The Labute approximate surface area is 272 Å². The molecular formula is C36H35FN6O4. The van der Waals surface area contributed by atoms with Crippen LogP contribution in [0.25, 0.3) is 16.6 Å². The number of likely N-dealkylation sites (tertiary alicyclic amines) is 1. The van der Waals surface area contributed by atoms with Gasteiger partial charge in [0.15, 0.2) is 11.6 Å². The number of fused-ring (bicyclic) bond motifs is 1. The molecule has 47 heavy (non-hydrogen) atoms. The number of allylic oxidation sites excluding steroid dienone is 1. The molecule has 0 radical (unpaired) electrons. The maximum absolute atomic E-state index is 14.2. The Bertz CT molecular complexity index is 1910. The molecule has 4 aromatic rings. The van der Waals surface area contributed by atoms with Crippen molar-refractivity contribution < 1.29 is 23.8 Å². The van der Waals surface area contributed by atoms with E-state index in [0.29, 0.717) is 36.7 Å². The predicted octanol–water partition coefficient (Wildman–Crippen LogP) is 6.25. The van der Waals surface area contributed by atoms with Crippen LogP contribution in [0.4, 0.5) is 4.39 Å². The molecule has 1 N–H and O–H groups in total. The summed E-state index contributed by atoms with van der Waals surface area (Å²) in [5.74, 6) is -0.0960. The Morgan fingerprint density at radius 3 is 2.64 bits per heavy atom. The zero-order chi connectivity index (χ0) is 33.0. The minimum Gasteiger partial charge on any atom is -0.484 e. The minimum atomic E-state index is -0.982. The zero-order valence-corrected chi connectivity index (χ0v) is 26.2. The van der Waals surface area contributed by atoms with E-state index < -0.39 is 11.8 Å². The van der Waals surface area contributed by atoms with Crippen LogP contribution in [0.2, 0.25) is 0 Å². The topological polar surface area (TPSA) is 137 Å². The van der Waals surface area contributed by atoms with E-state index in [-0.39, 0.29) is 29.4 Å². The summed E-state index contributed by atoms with van der Waals surface area (Å²) in [6.07, 6.45) is 5.33. The van der Waals surface area contributed by atoms with Crippen molar-refractivity contribution in [3.05, 3.63) is 89.1 Å². The molecule has 0 bridgehead atoms. The van der Waals surface area contributed by atoms with Crippen LogP contribution in [-0.4, -0.2) is 49.7 Å². The molecule has 0 unspecified atom stereocenters. The van der Waals surface area contributed by atoms with Crippen molar-refractivity contribution in [3.63, 3.8) is 0 Å². The molecule has 1 saturated heterocycles. The Morgan fingerprint density at radius 1 is 1.13 bits per heavy atom. The van der Waals surface area contributed by atoms with Crippen molar-refractivity contribution in [2.75, 3.05) is 13.1 Å². The van der Waals surface area contributed by atoms with Crippen LogP contribution in [0.15, 0.2) is 60.7 Å². The highest BCUT2D eigenvalue weighted by Gasteiger charge is 2.43. The molecule has 2 aromatic heterocycles. The summed E-state index contributed by atoms with van der Waals surface area (Å²) >= 11 is 0. The van der Waals surface area contributed by atoms with Crippen LogP contribution < -0.4 is 9.47 Å². The number of piperidine rings is 1. The Balaban J connectivity index is 1.10. The third-order valence-corrected chi connectivity index (χ3v) is 8.93. The smallest absolute Gasteiger partial charge is 0.328 e. The summed E-state index contributed by atoms with van der Waals surface area (Å²) in [6.45, 7) is 4.83. The number of halogens is 1. The Kier molecular flexibility index (Phi) is 9.19. The lowest BCUT2D eigenvalue weighted by Gasteiger charge is -2.32. The van der Waals surface area contributed by atoms with E-state index in [2.05, 4.69) is 20.5 Å². The van der Waals surface area contributed by atoms with Crippen LogP contribution in [-0.2, 0) is 24.5 Å². The lowest BCUT2D eigenvalue weighted by Crippen LogP contribution is -2.38. The van der Waals surface area contributed by atoms with Crippen LogP contribution in [0.1, 0.15) is 61.7 Å². The first kappa shape index (κ1) is 31.7. The number of benzene rings is 2. The minimum absolute atomic E-state index is 0.0124. The summed E-state index contributed by atoms with van der Waals surface area (Å²) < 4.78 is 28.3. The molecule has 0 spiro atoms. The number of pyridine rings is 1. The van der Waals surface area contributed by atoms with Crippen LogP contribution >= 0.6 is 0 Å². The second-order valence-electron chi connectivity index (χ2n) is 12.4. The van der Waals surface area contributed by atoms with Crippen LogP contribution in [0, 0.1) is 33.9 Å². The molecule has 2 fully saturated rings. The first-order chi connectivity index (χ1) is 22.7. The van der Waals surface area contributed by atoms with Gasteiger partial charge in [-0.05, 0) is 80.1 Å². The first-order valence-electron chi connectivity index (χ1n) is 15.7. The zero-order valence-electron chi connectivity index (χ0n) is 26.2. The number of aliphatic carboxylic acids is 1. The first-order valence-corrected chi connectivity index (χ1v) is 15.7. The molecule has 1 aliphatic heterocycles. The van der Waals surface area contributed by atoms with Crippen molar-refractivity contribution in [2.45, 2.75) is 64.8 Å². The quantitative estimate of drug-likeness (QED) is 0.179. The SMILES string of the molecule is C/C(=C\C(=O)O)c1ccc2nc(CN3CCC(Oc4cccc(COc5ccc(C#N)cc5F)n4)CC3)n(CC3(CC#N)CC3)c2c1. The average molecular weight is 635 g/mol. The fourth-order valence-corrected chi connectivity index (χ4v) is 6.05. The summed E-state index contributed by atoms with van der Waals surface area (Å²) in [6, 6.07) is 19.6. The number of nitrogens with zero attached hydrogens (tertiary/aromatic N) is 6. The summed E-state index contributed by atoms with van der Waals surface area (Å²) in [5.41, 5.74) is 4.10. The number of nitriles is 2. The average Bonchev–Trinajstić information content (AvgIpc) is 3.74. The van der Waals surface area contributed by atoms with E-state index in [9.17, 15) is 19.6 Å². The number of carboxylic acids is 1. The molecule has 11 heteroatoms. The number of hydrogen-bond acceptors (Lipinski definition) is 8. The summed E-state index contributed by atoms with van der Waals surface area (Å²) in [4.78, 5) is 23.2. The normalized spacial score (nSPS) is 16.4. The van der Waals surface area contributed by atoms with E-state index in [4.69, 9.17) is 19.7 Å². The molecule has 1 aliphatic carbocycles. The molecule has 10 nitrogen and oxygen atoms in total. The van der Waals surface area contributed by atoms with Gasteiger partial charge in [-0.3, -0.25) is 4.90 Å². The number of carboxylic acid groups (broad SMARTS) is 1. The fourth-order valence-electron chi connectivity index (χ4n) is 6.05. The number of imidazole rings is 1. The molecule has 2 aliphatic rings. The standard InChI is InChI=1S/C36H35FN6O4/c1-24(17-35(44)45)26-6-7-30-31(19-26)43(23-36(11-12-36)13-14-38)33(41-30)21-42-15-9-28(10-16-42)47-34-4-2-3-27(40-34)22-46-32-8-5-25(20-39)18-29(32)37/h2-8,17-19,28H,9-13,15-16,21-23H2,1H3,(H,44,45)/b24-17+. The van der Waals surface area contributed by atoms with Crippen molar-refractivity contribution in [2.24, 2.45) is 5.41 Å². The third kappa shape index (κ3) is 7.59. The van der Waals surface area contributed by atoms with Crippen molar-refractivity contribution in [1.29, 1.82) is 10.5 Å². The Hall–Kier alpha value is -5.26. The van der Waals surface area contributed by atoms with Crippen LogP contribution in [0.3, 0.4) is 0 Å². The van der Waals surface area contributed by atoms with E-state index in [0.717, 1.165) is 67.3 Å². The van der Waals surface area contributed by atoms with Gasteiger partial charge in [-0.1, -0.05) is 12.1 Å². The number of rotatable bonds is 12. The molecule has 0 atom stereocenters. The van der Waals surface area contributed by atoms with Gasteiger partial charge in [0.25, 0.3) is 0 Å². The highest BCUT2D eigenvalue weighted by Crippen LogP contribution is 2.50. The second kappa shape index (κ2) is 13.6. The third-order valence-electron chi connectivity index (χ3n) is 8.93. The van der Waals surface area contributed by atoms with Gasteiger partial charge in [-0.15, -0.1) is 0 Å². The number of ether oxygens (including phenoxy) is 2. The summed E-state index contributed by atoms with van der Waals surface area (Å²) in [5, 5.41) is 27.7. The monoisotopic (exact) mass is 634 g/mol. The predicted molar refractivity (Wildman–Crippen MR) is 172 cm³/mol. The van der Waals surface area contributed by atoms with Gasteiger partial charge in [-0.25, -0.2) is 19.2 Å². The number of carbonyl (C=O) groups is 1. The maximum atomic E-state index is 14.2. The second-order valence-corrected chi connectivity index (χ2v) is 12.4. The van der Waals surface area contributed by atoms with E-state index in [1.165, 1.54) is 18.2 Å². The highest BCUT2D eigenvalue weighted by molar-refractivity contribution is 5.91. The summed E-state index contributed by atoms with van der Waals surface area (Å²) in [7, 11) is 0. The van der Waals surface area contributed by atoms with Gasteiger partial charge < -0.3 is 19.1 Å². The van der Waals surface area contributed by atoms with Crippen molar-refractivity contribution in [1.82, 2.24) is 19.4 Å². The van der Waals surface area contributed by atoms with Gasteiger partial charge in [0.1, 0.15) is 18.5 Å². The lowest BCUT2D eigenvalue weighted by molar-refractivity contribution is -0.131. The van der Waals surface area contributed by atoms with Crippen molar-refractivity contribution >= 4 is 22.6 Å². The molecule has 1 saturated carbocycles. The van der Waals surface area contributed by atoms with E-state index >= 15 is 0 Å². The van der Waals surface area contributed by atoms with Gasteiger partial charge in [-0.2, -0.15) is 10.5 Å². The van der Waals surface area contributed by atoms with Gasteiger partial charge in [0, 0.05) is 43.6 Å². The molecule has 2 aromatic carbocycles. The molecular weight excluding hydrogens is 599 g/mol. The van der Waals surface area contributed by atoms with Gasteiger partial charge in [0.2, 0.25) is 5.88 Å². The van der Waals surface area contributed by atoms with E-state index in [1.54, 1.807) is 19.1 Å². The largest absolute Gasteiger partial charge is 0.484 e. The lowest BCUT2D eigenvalue weighted by atomic mass is 10.0. The number of hydrogen-bond donors (Lipinski definition) is 1. The van der Waals surface area contributed by atoms with E-state index in [1.807, 2.05) is 30.3 Å². The highest BCUT2D eigenvalue weighted by atomic mass is 19.1. The van der Waals surface area contributed by atoms with Gasteiger partial charge >= 0.3 is 5.97 Å². The van der Waals surface area contributed by atoms with Gasteiger partial charge in [0.05, 0.1) is 41.0 Å². The molecule has 0 amide bonds. The molecule has 3 heterocycles. The Morgan fingerprint density at radius 2 is 1.94 bits per heavy atom. The molecule has 6 rings (SSSR count). The van der Waals surface area contributed by atoms with Crippen LogP contribution in [0.5, 0.6) is 11.6 Å².